The third kappa shape index (κ3) is 2.26. The smallest absolute Gasteiger partial charge is 0.331 e. The number of methoxy groups -OCH3 is 1. The van der Waals surface area contributed by atoms with E-state index in [1.54, 1.807) is 0 Å². The Hall–Kier alpha value is -1.39. The van der Waals surface area contributed by atoms with E-state index in [0.29, 0.717) is 6.54 Å². The van der Waals surface area contributed by atoms with Crippen LogP contribution < -0.4 is 11.1 Å². The molecule has 1 heterocycles. The summed E-state index contributed by atoms with van der Waals surface area (Å²) < 4.78 is 5.00. The van der Waals surface area contributed by atoms with Crippen LogP contribution in [-0.2, 0) is 15.1 Å². The molecule has 2 rings (SSSR count). The molecule has 4 heteroatoms. The van der Waals surface area contributed by atoms with Crippen LogP contribution >= 0.6 is 0 Å². The fourth-order valence-corrected chi connectivity index (χ4v) is 2.97. The maximum atomic E-state index is 12.4. The van der Waals surface area contributed by atoms with Crippen LogP contribution in [0.4, 0.5) is 0 Å². The number of hydrogen-bond acceptors (Lipinski definition) is 4. The van der Waals surface area contributed by atoms with Crippen molar-refractivity contribution in [3.63, 3.8) is 0 Å². The first-order chi connectivity index (χ1) is 9.04. The standard InChI is InChI=1S/C15H22N2O2/c1-14(9-6-10-17-11-14)15(16,13(18)19-2)12-7-4-3-5-8-12/h3-5,7-8,17H,6,9-11,16H2,1-2H3/t14-,15?/m1/s1. The van der Waals surface area contributed by atoms with E-state index < -0.39 is 5.54 Å². The SMILES string of the molecule is COC(=O)C(N)(c1ccccc1)[C@]1(C)CCCNC1. The maximum absolute atomic E-state index is 12.4. The van der Waals surface area contributed by atoms with Crippen LogP contribution in [0.1, 0.15) is 25.3 Å². The number of nitrogens with one attached hydrogen (secondary N) is 1. The summed E-state index contributed by atoms with van der Waals surface area (Å²) in [5.41, 5.74) is 5.92. The van der Waals surface area contributed by atoms with E-state index in [2.05, 4.69) is 12.2 Å². The van der Waals surface area contributed by atoms with Crippen molar-refractivity contribution in [2.75, 3.05) is 20.2 Å². The molecule has 2 atom stereocenters. The maximum Gasteiger partial charge on any atom is 0.331 e. The van der Waals surface area contributed by atoms with Crippen molar-refractivity contribution in [3.8, 4) is 0 Å². The molecule has 1 aromatic rings. The summed E-state index contributed by atoms with van der Waals surface area (Å²) in [7, 11) is 1.40. The molecule has 3 N–H and O–H groups in total. The molecule has 1 fully saturated rings. The van der Waals surface area contributed by atoms with E-state index in [4.69, 9.17) is 10.5 Å². The minimum absolute atomic E-state index is 0.348. The van der Waals surface area contributed by atoms with Crippen LogP contribution in [0.25, 0.3) is 0 Å². The number of hydrogen-bond donors (Lipinski definition) is 2. The van der Waals surface area contributed by atoms with Gasteiger partial charge in [0.15, 0.2) is 0 Å². The molecule has 0 amide bonds. The summed E-state index contributed by atoms with van der Waals surface area (Å²) in [6.07, 6.45) is 1.92. The van der Waals surface area contributed by atoms with Crippen molar-refractivity contribution in [2.24, 2.45) is 11.1 Å². The molecule has 0 aromatic heterocycles. The van der Waals surface area contributed by atoms with E-state index in [9.17, 15) is 4.79 Å². The van der Waals surface area contributed by atoms with Crippen molar-refractivity contribution < 1.29 is 9.53 Å². The van der Waals surface area contributed by atoms with Gasteiger partial charge in [-0.2, -0.15) is 0 Å². The minimum Gasteiger partial charge on any atom is -0.467 e. The highest BCUT2D eigenvalue weighted by molar-refractivity contribution is 5.83. The van der Waals surface area contributed by atoms with Crippen molar-refractivity contribution in [1.82, 2.24) is 5.32 Å². The topological polar surface area (TPSA) is 64.3 Å². The molecule has 0 spiro atoms. The number of piperidine rings is 1. The molecule has 0 saturated carbocycles. The van der Waals surface area contributed by atoms with Crippen LogP contribution in [0, 0.1) is 5.41 Å². The van der Waals surface area contributed by atoms with Gasteiger partial charge in [-0.1, -0.05) is 37.3 Å². The fraction of sp³-hybridized carbons (Fsp3) is 0.533. The van der Waals surface area contributed by atoms with Gasteiger partial charge in [-0.05, 0) is 24.9 Å². The molecule has 1 unspecified atom stereocenters. The molecular formula is C15H22N2O2. The lowest BCUT2D eigenvalue weighted by atomic mass is 9.64. The highest BCUT2D eigenvalue weighted by Gasteiger charge is 2.53. The summed E-state index contributed by atoms with van der Waals surface area (Å²) in [6, 6.07) is 9.52. The fourth-order valence-electron chi connectivity index (χ4n) is 2.97. The number of carbonyl (C=O) groups is 1. The molecule has 104 valence electrons. The van der Waals surface area contributed by atoms with Gasteiger partial charge >= 0.3 is 5.97 Å². The molecule has 19 heavy (non-hydrogen) atoms. The lowest BCUT2D eigenvalue weighted by Crippen LogP contribution is -2.62. The van der Waals surface area contributed by atoms with Crippen LogP contribution in [-0.4, -0.2) is 26.2 Å². The second kappa shape index (κ2) is 5.31. The Balaban J connectivity index is 2.48. The third-order valence-corrected chi connectivity index (χ3v) is 4.29. The van der Waals surface area contributed by atoms with Crippen molar-refractivity contribution in [1.29, 1.82) is 0 Å². The highest BCUT2D eigenvalue weighted by Crippen LogP contribution is 2.43. The highest BCUT2D eigenvalue weighted by atomic mass is 16.5. The Morgan fingerprint density at radius 2 is 2.11 bits per heavy atom. The lowest BCUT2D eigenvalue weighted by molar-refractivity contribution is -0.154. The molecule has 1 saturated heterocycles. The van der Waals surface area contributed by atoms with Gasteiger partial charge in [0.25, 0.3) is 0 Å². The Morgan fingerprint density at radius 1 is 1.42 bits per heavy atom. The predicted octanol–water partition coefficient (Wildman–Crippen LogP) is 1.40. The van der Waals surface area contributed by atoms with Crippen LogP contribution in [0.5, 0.6) is 0 Å². The Labute approximate surface area is 114 Å². The number of ether oxygens (including phenoxy) is 1. The van der Waals surface area contributed by atoms with Crippen molar-refractivity contribution in [2.45, 2.75) is 25.3 Å². The van der Waals surface area contributed by atoms with Gasteiger partial charge in [-0.3, -0.25) is 0 Å². The zero-order chi connectivity index (χ0) is 13.9. The first-order valence-corrected chi connectivity index (χ1v) is 6.68. The molecule has 0 aliphatic carbocycles. The van der Waals surface area contributed by atoms with Gasteiger partial charge in [-0.25, -0.2) is 4.79 Å². The summed E-state index contributed by atoms with van der Waals surface area (Å²) in [6.45, 7) is 3.75. The molecule has 0 bridgehead atoms. The van der Waals surface area contributed by atoms with Crippen molar-refractivity contribution >= 4 is 5.97 Å². The second-order valence-electron chi connectivity index (χ2n) is 5.51. The third-order valence-electron chi connectivity index (χ3n) is 4.29. The molecular weight excluding hydrogens is 240 g/mol. The van der Waals surface area contributed by atoms with Crippen LogP contribution in [0.15, 0.2) is 30.3 Å². The Morgan fingerprint density at radius 3 is 2.63 bits per heavy atom. The molecule has 1 aliphatic rings. The average molecular weight is 262 g/mol. The van der Waals surface area contributed by atoms with E-state index in [-0.39, 0.29) is 11.4 Å². The predicted molar refractivity (Wildman–Crippen MR) is 74.5 cm³/mol. The molecule has 4 nitrogen and oxygen atoms in total. The van der Waals surface area contributed by atoms with Crippen LogP contribution in [0.3, 0.4) is 0 Å². The Bertz CT molecular complexity index is 441. The number of esters is 1. The number of benzene rings is 1. The van der Waals surface area contributed by atoms with Crippen LogP contribution in [0.2, 0.25) is 0 Å². The number of nitrogens with two attached hydrogens (primary N) is 1. The first kappa shape index (κ1) is 14.0. The summed E-state index contributed by atoms with van der Waals surface area (Å²) in [5, 5.41) is 3.34. The number of rotatable bonds is 3. The molecule has 1 aromatic carbocycles. The summed E-state index contributed by atoms with van der Waals surface area (Å²) in [4.78, 5) is 12.4. The van der Waals surface area contributed by atoms with Crippen molar-refractivity contribution in [3.05, 3.63) is 35.9 Å². The molecule has 0 radical (unpaired) electrons. The average Bonchev–Trinajstić information content (AvgIpc) is 2.47. The Kier molecular flexibility index (Phi) is 3.92. The minimum atomic E-state index is -1.11. The monoisotopic (exact) mass is 262 g/mol. The normalized spacial score (nSPS) is 26.5. The van der Waals surface area contributed by atoms with E-state index in [1.165, 1.54) is 7.11 Å². The van der Waals surface area contributed by atoms with Gasteiger partial charge < -0.3 is 15.8 Å². The van der Waals surface area contributed by atoms with Gasteiger partial charge in [0.2, 0.25) is 0 Å². The van der Waals surface area contributed by atoms with E-state index in [0.717, 1.165) is 24.9 Å². The zero-order valence-electron chi connectivity index (χ0n) is 11.6. The summed E-state index contributed by atoms with van der Waals surface area (Å²) in [5.74, 6) is -0.370. The summed E-state index contributed by atoms with van der Waals surface area (Å²) >= 11 is 0. The van der Waals surface area contributed by atoms with Gasteiger partial charge in [0, 0.05) is 12.0 Å². The second-order valence-corrected chi connectivity index (χ2v) is 5.51. The first-order valence-electron chi connectivity index (χ1n) is 6.68. The largest absolute Gasteiger partial charge is 0.467 e. The van der Waals surface area contributed by atoms with E-state index in [1.807, 2.05) is 30.3 Å². The van der Waals surface area contributed by atoms with Gasteiger partial charge in [0.05, 0.1) is 7.11 Å². The number of carbonyl (C=O) groups excluding carboxylic acids is 1. The van der Waals surface area contributed by atoms with Gasteiger partial charge in [-0.15, -0.1) is 0 Å². The molecule has 1 aliphatic heterocycles. The lowest BCUT2D eigenvalue weighted by Gasteiger charge is -2.46. The van der Waals surface area contributed by atoms with E-state index >= 15 is 0 Å². The zero-order valence-corrected chi connectivity index (χ0v) is 11.6. The van der Waals surface area contributed by atoms with Gasteiger partial charge in [0.1, 0.15) is 5.54 Å². The quantitative estimate of drug-likeness (QED) is 0.808.